The number of hydrogen-bond acceptors (Lipinski definition) is 4. The largest absolute Gasteiger partial charge is 0.478 e. The van der Waals surface area contributed by atoms with E-state index in [1.54, 1.807) is 6.92 Å². The van der Waals surface area contributed by atoms with Crippen LogP contribution < -0.4 is 4.72 Å². The van der Waals surface area contributed by atoms with Crippen molar-refractivity contribution in [2.45, 2.75) is 24.3 Å². The predicted molar refractivity (Wildman–Crippen MR) is 74.9 cm³/mol. The molecule has 0 saturated heterocycles. The molecule has 1 rings (SSSR count). The second-order valence-electron chi connectivity index (χ2n) is 3.98. The molecule has 1 aromatic carbocycles. The van der Waals surface area contributed by atoms with E-state index in [0.29, 0.717) is 6.42 Å². The quantitative estimate of drug-likeness (QED) is 0.731. The van der Waals surface area contributed by atoms with Crippen LogP contribution in [0.2, 0.25) is 10.0 Å². The zero-order valence-corrected chi connectivity index (χ0v) is 12.8. The number of halogens is 2. The molecule has 0 heterocycles. The third-order valence-corrected chi connectivity index (χ3v) is 4.84. The molecular formula is C11H13Cl2NO5S. The maximum absolute atomic E-state index is 12.2. The molecule has 0 aliphatic carbocycles. The van der Waals surface area contributed by atoms with Crippen molar-refractivity contribution in [1.82, 2.24) is 4.72 Å². The fraction of sp³-hybridized carbons (Fsp3) is 0.364. The van der Waals surface area contributed by atoms with Gasteiger partial charge in [0.15, 0.2) is 0 Å². The van der Waals surface area contributed by atoms with Gasteiger partial charge in [0.1, 0.15) is 4.90 Å². The summed E-state index contributed by atoms with van der Waals surface area (Å²) in [7, 11) is -4.08. The third-order valence-electron chi connectivity index (χ3n) is 2.56. The number of sulfonamides is 1. The van der Waals surface area contributed by atoms with E-state index in [1.807, 2.05) is 0 Å². The van der Waals surface area contributed by atoms with Crippen molar-refractivity contribution >= 4 is 39.2 Å². The molecule has 0 saturated carbocycles. The highest BCUT2D eigenvalue weighted by atomic mass is 35.5. The Bertz CT molecular complexity index is 613. The molecular weight excluding hydrogens is 329 g/mol. The summed E-state index contributed by atoms with van der Waals surface area (Å²) in [5, 5.41) is 17.5. The zero-order chi connectivity index (χ0) is 15.5. The van der Waals surface area contributed by atoms with Crippen LogP contribution in [0.1, 0.15) is 23.7 Å². The fourth-order valence-electron chi connectivity index (χ4n) is 1.45. The number of carboxylic acid groups (broad SMARTS) is 1. The molecule has 112 valence electrons. The van der Waals surface area contributed by atoms with E-state index >= 15 is 0 Å². The third kappa shape index (κ3) is 3.83. The second-order valence-corrected chi connectivity index (χ2v) is 6.48. The lowest BCUT2D eigenvalue weighted by Crippen LogP contribution is -2.37. The van der Waals surface area contributed by atoms with Gasteiger partial charge in [-0.2, -0.15) is 0 Å². The first-order valence-corrected chi connectivity index (χ1v) is 7.82. The summed E-state index contributed by atoms with van der Waals surface area (Å²) in [5.41, 5.74) is -0.406. The molecule has 0 aromatic heterocycles. The molecule has 6 nitrogen and oxygen atoms in total. The van der Waals surface area contributed by atoms with Crippen molar-refractivity contribution < 1.29 is 23.4 Å². The summed E-state index contributed by atoms with van der Waals surface area (Å²) in [6.45, 7) is 1.30. The van der Waals surface area contributed by atoms with Crippen LogP contribution in [-0.2, 0) is 10.0 Å². The van der Waals surface area contributed by atoms with E-state index < -0.39 is 37.5 Å². The monoisotopic (exact) mass is 341 g/mol. The Kier molecular flexibility index (Phi) is 5.79. The van der Waals surface area contributed by atoms with E-state index in [2.05, 4.69) is 4.72 Å². The Hall–Kier alpha value is -0.860. The number of hydrogen-bond donors (Lipinski definition) is 3. The lowest BCUT2D eigenvalue weighted by molar-refractivity contribution is 0.0697. The highest BCUT2D eigenvalue weighted by Crippen LogP contribution is 2.29. The minimum atomic E-state index is -4.08. The summed E-state index contributed by atoms with van der Waals surface area (Å²) < 4.78 is 26.5. The van der Waals surface area contributed by atoms with Crippen LogP contribution in [0.25, 0.3) is 0 Å². The van der Waals surface area contributed by atoms with E-state index in [1.165, 1.54) is 0 Å². The lowest BCUT2D eigenvalue weighted by Gasteiger charge is -2.16. The van der Waals surface area contributed by atoms with Gasteiger partial charge in [-0.3, -0.25) is 0 Å². The number of rotatable bonds is 6. The summed E-state index contributed by atoms with van der Waals surface area (Å²) in [6.07, 6.45) is 0.361. The molecule has 3 N–H and O–H groups in total. The molecule has 0 spiro atoms. The van der Waals surface area contributed by atoms with Crippen molar-refractivity contribution in [2.75, 3.05) is 6.61 Å². The van der Waals surface area contributed by atoms with Crippen LogP contribution in [0.3, 0.4) is 0 Å². The van der Waals surface area contributed by atoms with E-state index in [0.717, 1.165) is 12.1 Å². The van der Waals surface area contributed by atoms with E-state index in [4.69, 9.17) is 33.4 Å². The number of aromatic carboxylic acids is 1. The summed E-state index contributed by atoms with van der Waals surface area (Å²) in [4.78, 5) is 10.6. The van der Waals surface area contributed by atoms with Gasteiger partial charge in [-0.1, -0.05) is 30.1 Å². The van der Waals surface area contributed by atoms with Crippen LogP contribution >= 0.6 is 23.2 Å². The summed E-state index contributed by atoms with van der Waals surface area (Å²) in [6, 6.07) is 1.43. The predicted octanol–water partition coefficient (Wildman–Crippen LogP) is 1.74. The molecule has 0 radical (unpaired) electrons. The normalized spacial score (nSPS) is 13.2. The molecule has 0 fully saturated rings. The van der Waals surface area contributed by atoms with Gasteiger partial charge in [0.2, 0.25) is 10.0 Å². The van der Waals surface area contributed by atoms with Crippen molar-refractivity contribution in [1.29, 1.82) is 0 Å². The molecule has 0 aliphatic rings. The van der Waals surface area contributed by atoms with Gasteiger partial charge in [-0.15, -0.1) is 0 Å². The first-order valence-electron chi connectivity index (χ1n) is 5.58. The van der Waals surface area contributed by atoms with E-state index in [9.17, 15) is 13.2 Å². The van der Waals surface area contributed by atoms with Crippen LogP contribution in [0.4, 0.5) is 0 Å². The maximum atomic E-state index is 12.2. The first-order chi connectivity index (χ1) is 9.22. The molecule has 1 atom stereocenters. The number of aliphatic hydroxyl groups is 1. The number of nitrogens with one attached hydrogen (secondary N) is 1. The molecule has 0 aliphatic heterocycles. The average molecular weight is 342 g/mol. The minimum Gasteiger partial charge on any atom is -0.478 e. The topological polar surface area (TPSA) is 104 Å². The Morgan fingerprint density at radius 3 is 2.45 bits per heavy atom. The maximum Gasteiger partial charge on any atom is 0.337 e. The first kappa shape index (κ1) is 17.2. The van der Waals surface area contributed by atoms with Gasteiger partial charge in [0, 0.05) is 11.1 Å². The standard InChI is InChI=1S/C11H13Cl2NO5S/c1-2-7(5-15)14-20(18,19)9-4-6(12)3-8(10(9)13)11(16)17/h3-4,7,14-15H,2,5H2,1H3,(H,16,17). The average Bonchev–Trinajstić information content (AvgIpc) is 2.37. The Morgan fingerprint density at radius 1 is 1.40 bits per heavy atom. The Labute approximate surface area is 126 Å². The van der Waals surface area contributed by atoms with Gasteiger partial charge in [-0.05, 0) is 18.6 Å². The van der Waals surface area contributed by atoms with Crippen molar-refractivity contribution in [2.24, 2.45) is 0 Å². The van der Waals surface area contributed by atoms with Crippen LogP contribution in [0, 0.1) is 0 Å². The number of carboxylic acids is 1. The highest BCUT2D eigenvalue weighted by Gasteiger charge is 2.25. The molecule has 20 heavy (non-hydrogen) atoms. The van der Waals surface area contributed by atoms with E-state index in [-0.39, 0.29) is 11.6 Å². The Morgan fingerprint density at radius 2 is 2.00 bits per heavy atom. The van der Waals surface area contributed by atoms with Gasteiger partial charge in [0.05, 0.1) is 17.2 Å². The second kappa shape index (κ2) is 6.73. The van der Waals surface area contributed by atoms with Gasteiger partial charge < -0.3 is 10.2 Å². The van der Waals surface area contributed by atoms with Crippen molar-refractivity contribution in [3.05, 3.63) is 27.7 Å². The summed E-state index contributed by atoms with van der Waals surface area (Å²) in [5.74, 6) is -1.39. The molecule has 0 amide bonds. The molecule has 1 unspecified atom stereocenters. The van der Waals surface area contributed by atoms with Crippen LogP contribution in [-0.4, -0.2) is 37.2 Å². The molecule has 9 heteroatoms. The van der Waals surface area contributed by atoms with Gasteiger partial charge in [0.25, 0.3) is 0 Å². The lowest BCUT2D eigenvalue weighted by atomic mass is 10.2. The van der Waals surface area contributed by atoms with Crippen LogP contribution in [0.5, 0.6) is 0 Å². The SMILES string of the molecule is CCC(CO)NS(=O)(=O)c1cc(Cl)cc(C(=O)O)c1Cl. The smallest absolute Gasteiger partial charge is 0.337 e. The van der Waals surface area contributed by atoms with Crippen LogP contribution in [0.15, 0.2) is 17.0 Å². The van der Waals surface area contributed by atoms with Crippen molar-refractivity contribution in [3.8, 4) is 0 Å². The zero-order valence-electron chi connectivity index (χ0n) is 10.4. The molecule has 1 aromatic rings. The number of aliphatic hydroxyl groups excluding tert-OH is 1. The Balaban J connectivity index is 3.35. The minimum absolute atomic E-state index is 0.0655. The number of benzene rings is 1. The fourth-order valence-corrected chi connectivity index (χ4v) is 3.66. The number of carbonyl (C=O) groups is 1. The van der Waals surface area contributed by atoms with Gasteiger partial charge >= 0.3 is 5.97 Å². The highest BCUT2D eigenvalue weighted by molar-refractivity contribution is 7.89. The van der Waals surface area contributed by atoms with Gasteiger partial charge in [-0.25, -0.2) is 17.9 Å². The molecule has 0 bridgehead atoms. The summed E-state index contributed by atoms with van der Waals surface area (Å²) >= 11 is 11.5. The van der Waals surface area contributed by atoms with Crippen molar-refractivity contribution in [3.63, 3.8) is 0 Å².